The fourth-order valence-corrected chi connectivity index (χ4v) is 9.71. The van der Waals surface area contributed by atoms with Gasteiger partial charge in [0.15, 0.2) is 23.3 Å². The fourth-order valence-electron chi connectivity index (χ4n) is 6.88. The largest absolute Gasteiger partial charge is 0.381 e. The number of hydrogen-bond donors (Lipinski definition) is 4. The Morgan fingerprint density at radius 2 is 1.03 bits per heavy atom. The van der Waals surface area contributed by atoms with Gasteiger partial charge >= 0.3 is 11.4 Å². The molecule has 5 aromatic rings. The summed E-state index contributed by atoms with van der Waals surface area (Å²) in [6.07, 6.45) is 5.69. The van der Waals surface area contributed by atoms with Crippen LogP contribution in [0.3, 0.4) is 0 Å². The fraction of sp³-hybridized carbons (Fsp3) is 0.333. The summed E-state index contributed by atoms with van der Waals surface area (Å²) in [7, 11) is -7.37. The van der Waals surface area contributed by atoms with Gasteiger partial charge in [-0.05, 0) is 92.5 Å². The maximum absolute atomic E-state index is 13.7. The van der Waals surface area contributed by atoms with E-state index in [1.54, 1.807) is 36.4 Å². The highest BCUT2D eigenvalue weighted by molar-refractivity contribution is 9.10. The van der Waals surface area contributed by atoms with Crippen molar-refractivity contribution in [1.29, 1.82) is 0 Å². The van der Waals surface area contributed by atoms with Crippen molar-refractivity contribution in [2.24, 2.45) is 0 Å². The van der Waals surface area contributed by atoms with Crippen LogP contribution >= 0.6 is 15.9 Å². The first-order chi connectivity index (χ1) is 26.6. The van der Waals surface area contributed by atoms with E-state index in [2.05, 4.69) is 35.3 Å². The van der Waals surface area contributed by atoms with Gasteiger partial charge in [0.1, 0.15) is 0 Å². The van der Waals surface area contributed by atoms with Crippen LogP contribution in [-0.4, -0.2) is 48.0 Å². The van der Waals surface area contributed by atoms with E-state index in [0.717, 1.165) is 34.4 Å². The summed E-state index contributed by atoms with van der Waals surface area (Å²) in [5, 5.41) is 0. The van der Waals surface area contributed by atoms with E-state index in [-0.39, 0.29) is 48.8 Å². The summed E-state index contributed by atoms with van der Waals surface area (Å²) >= 11 is 3.26. The van der Waals surface area contributed by atoms with E-state index in [1.807, 2.05) is 30.3 Å². The Labute approximate surface area is 345 Å². The normalized spacial score (nSPS) is 19.0. The summed E-state index contributed by atoms with van der Waals surface area (Å²) in [5.74, 6) is -2.41. The number of halogens is 3. The zero-order chi connectivity index (χ0) is 40.2. The molecular formula is C39H47BrF2N8O6S2. The molecule has 2 aliphatic rings. The van der Waals surface area contributed by atoms with Crippen LogP contribution in [-0.2, 0) is 26.5 Å². The molecule has 0 unspecified atom stereocenters. The number of sulfonamides is 2. The monoisotopic (exact) mass is 904 g/mol. The van der Waals surface area contributed by atoms with Crippen molar-refractivity contribution in [2.75, 3.05) is 11.5 Å². The molecule has 19 heteroatoms. The summed E-state index contributed by atoms with van der Waals surface area (Å²) in [6.45, 7) is 0. The molecule has 7 rings (SSSR count). The van der Waals surface area contributed by atoms with Crippen molar-refractivity contribution in [3.63, 3.8) is 0 Å². The maximum atomic E-state index is 13.7. The second-order valence-electron chi connectivity index (χ2n) is 13.7. The highest BCUT2D eigenvalue weighted by Crippen LogP contribution is 2.32. The second kappa shape index (κ2) is 19.3. The van der Waals surface area contributed by atoms with Crippen LogP contribution < -0.4 is 32.3 Å². The highest BCUT2D eigenvalue weighted by Gasteiger charge is 2.32. The van der Waals surface area contributed by atoms with Gasteiger partial charge in [-0.15, -0.1) is 0 Å². The van der Waals surface area contributed by atoms with Gasteiger partial charge in [0.05, 0.1) is 9.79 Å². The van der Waals surface area contributed by atoms with Crippen LogP contribution in [0, 0.1) is 11.6 Å². The maximum Gasteiger partial charge on any atom is 0.349 e. The molecule has 0 radical (unpaired) electrons. The number of hydrogen-bond acceptors (Lipinski definition) is 10. The van der Waals surface area contributed by atoms with Gasteiger partial charge in [-0.2, -0.15) is 9.97 Å². The number of nitrogens with zero attached hydrogens (tertiary/aromatic N) is 4. The molecule has 6 N–H and O–H groups in total. The van der Waals surface area contributed by atoms with Gasteiger partial charge in [-0.1, -0.05) is 73.2 Å². The van der Waals surface area contributed by atoms with Crippen molar-refractivity contribution in [3.05, 3.63) is 139 Å². The molecule has 3 aromatic carbocycles. The number of benzene rings is 3. The molecule has 2 fully saturated rings. The van der Waals surface area contributed by atoms with Crippen LogP contribution in [0.15, 0.2) is 115 Å². The number of nitrogen functional groups attached to an aromatic ring is 2. The van der Waals surface area contributed by atoms with E-state index < -0.39 is 54.7 Å². The van der Waals surface area contributed by atoms with Crippen molar-refractivity contribution in [3.8, 4) is 0 Å². The average molecular weight is 906 g/mol. The first-order valence-electron chi connectivity index (χ1n) is 17.6. The SMILES string of the molecule is C.C.Nc1nc(=O)n([C@H]2CC[C@H](NS(=O)(=O)c3ccc(Br)cc3)C2)cc1F.Nc1nc(=O)n([C@H]2CC[C@H](NS(=O)(=O)c3ccc(Cc4ccccc4)cc3)C2)cc1F. The molecule has 0 amide bonds. The minimum atomic E-state index is -3.71. The lowest BCUT2D eigenvalue weighted by atomic mass is 10.1. The third kappa shape index (κ3) is 11.2. The molecule has 0 aliphatic heterocycles. The zero-order valence-electron chi connectivity index (χ0n) is 29.8. The predicted octanol–water partition coefficient (Wildman–Crippen LogP) is 5.70. The molecule has 4 atom stereocenters. The second-order valence-corrected chi connectivity index (χ2v) is 18.0. The van der Waals surface area contributed by atoms with E-state index in [0.29, 0.717) is 38.5 Å². The molecule has 0 saturated heterocycles. The number of nitrogens with one attached hydrogen (secondary N) is 2. The molecule has 14 nitrogen and oxygen atoms in total. The molecule has 2 aromatic heterocycles. The number of rotatable bonds is 10. The lowest BCUT2D eigenvalue weighted by Crippen LogP contribution is -2.34. The average Bonchev–Trinajstić information content (AvgIpc) is 3.81. The van der Waals surface area contributed by atoms with Gasteiger partial charge < -0.3 is 11.5 Å². The summed E-state index contributed by atoms with van der Waals surface area (Å²) < 4.78 is 86.2. The Morgan fingerprint density at radius 1 is 0.638 bits per heavy atom. The zero-order valence-corrected chi connectivity index (χ0v) is 33.0. The topological polar surface area (TPSA) is 214 Å². The van der Waals surface area contributed by atoms with E-state index in [9.17, 15) is 35.2 Å². The third-order valence-electron chi connectivity index (χ3n) is 9.72. The quantitative estimate of drug-likeness (QED) is 0.134. The molecule has 0 bridgehead atoms. The van der Waals surface area contributed by atoms with Crippen molar-refractivity contribution in [1.82, 2.24) is 28.5 Å². The molecule has 0 spiro atoms. The van der Waals surface area contributed by atoms with Crippen LogP contribution in [0.1, 0.15) is 76.6 Å². The molecule has 2 heterocycles. The lowest BCUT2D eigenvalue weighted by molar-refractivity contribution is 0.461. The van der Waals surface area contributed by atoms with Gasteiger partial charge in [-0.25, -0.2) is 44.6 Å². The Bertz CT molecular complexity index is 2530. The van der Waals surface area contributed by atoms with E-state index in [1.165, 1.54) is 21.3 Å². The third-order valence-corrected chi connectivity index (χ3v) is 13.3. The standard InChI is InChI=1S/C22H23FN4O3S.C15H16BrFN4O3S.2CH4/c23-20-14-27(22(28)25-21(20)24)18-9-8-17(13-18)26-31(29,30)19-10-6-16(7-11-19)12-15-4-2-1-3-5-15;16-9-1-5-12(6-2-9)25(23,24)20-10-3-4-11(7-10)21-8-13(17)14(18)19-15(21)22;;/h1-7,10-11,14,17-18,26H,8-9,12-13H2,(H2,24,25,28);1-2,5-6,8,10-11,20H,3-4,7H2,(H2,18,19,22);2*1H4/t17-,18-;10-,11-;;/m00../s1. The first kappa shape index (κ1) is 45.9. The number of aromatic nitrogens is 4. The van der Waals surface area contributed by atoms with Crippen molar-refractivity contribution < 1.29 is 25.6 Å². The van der Waals surface area contributed by atoms with Crippen LogP contribution in [0.25, 0.3) is 0 Å². The van der Waals surface area contributed by atoms with Crippen LogP contribution in [0.4, 0.5) is 20.4 Å². The Kier molecular flexibility index (Phi) is 15.3. The number of nitrogens with two attached hydrogens (primary N) is 2. The van der Waals surface area contributed by atoms with E-state index >= 15 is 0 Å². The van der Waals surface area contributed by atoms with Crippen molar-refractivity contribution in [2.45, 2.75) is 93.8 Å². The van der Waals surface area contributed by atoms with Gasteiger partial charge in [-0.3, -0.25) is 9.13 Å². The minimum absolute atomic E-state index is 0. The van der Waals surface area contributed by atoms with Crippen LogP contribution in [0.2, 0.25) is 0 Å². The Balaban J connectivity index is 0.000000253. The Hall–Kier alpha value is -4.82. The number of anilines is 2. The van der Waals surface area contributed by atoms with Crippen LogP contribution in [0.5, 0.6) is 0 Å². The van der Waals surface area contributed by atoms with E-state index in [4.69, 9.17) is 11.5 Å². The summed E-state index contributed by atoms with van der Waals surface area (Å²) in [6, 6.07) is 21.7. The molecule has 312 valence electrons. The van der Waals surface area contributed by atoms with Gasteiger partial charge in [0, 0.05) is 41.0 Å². The molecule has 58 heavy (non-hydrogen) atoms. The predicted molar refractivity (Wildman–Crippen MR) is 223 cm³/mol. The highest BCUT2D eigenvalue weighted by atomic mass is 79.9. The first-order valence-corrected chi connectivity index (χ1v) is 21.4. The van der Waals surface area contributed by atoms with Gasteiger partial charge in [0.25, 0.3) is 0 Å². The molecule has 2 aliphatic carbocycles. The molecule has 2 saturated carbocycles. The Morgan fingerprint density at radius 3 is 1.47 bits per heavy atom. The lowest BCUT2D eigenvalue weighted by Gasteiger charge is -2.16. The smallest absolute Gasteiger partial charge is 0.349 e. The van der Waals surface area contributed by atoms with Gasteiger partial charge in [0.2, 0.25) is 20.0 Å². The minimum Gasteiger partial charge on any atom is -0.381 e. The van der Waals surface area contributed by atoms with Crippen molar-refractivity contribution >= 4 is 47.6 Å². The summed E-state index contributed by atoms with van der Waals surface area (Å²) in [4.78, 5) is 31.2. The summed E-state index contributed by atoms with van der Waals surface area (Å²) in [5.41, 5.74) is 11.5. The molecular weight excluding hydrogens is 859 g/mol.